The number of hydrogen-bond acceptors (Lipinski definition) is 4. The number of carbonyl (C=O) groups is 1. The number of hydrogen-bond donors (Lipinski definition) is 4. The third-order valence-electron chi connectivity index (χ3n) is 2.64. The van der Waals surface area contributed by atoms with Gasteiger partial charge in [0.15, 0.2) is 0 Å². The monoisotopic (exact) mass is 264 g/mol. The Hall–Kier alpha value is -2.28. The van der Waals surface area contributed by atoms with E-state index in [9.17, 15) is 9.90 Å². The van der Waals surface area contributed by atoms with Gasteiger partial charge in [0, 0.05) is 6.20 Å². The van der Waals surface area contributed by atoms with E-state index in [0.29, 0.717) is 12.3 Å². The second kappa shape index (κ2) is 5.57. The van der Waals surface area contributed by atoms with Gasteiger partial charge < -0.3 is 20.2 Å². The zero-order valence-corrected chi connectivity index (χ0v) is 10.5. The predicted molar refractivity (Wildman–Crippen MR) is 67.1 cm³/mol. The van der Waals surface area contributed by atoms with E-state index in [1.165, 1.54) is 6.26 Å². The lowest BCUT2D eigenvalue weighted by Gasteiger charge is -2.21. The van der Waals surface area contributed by atoms with Gasteiger partial charge in [0.05, 0.1) is 25.0 Å². The Morgan fingerprint density at radius 1 is 1.53 bits per heavy atom. The fourth-order valence-corrected chi connectivity index (χ4v) is 1.55. The smallest absolute Gasteiger partial charge is 0.315 e. The first kappa shape index (κ1) is 13.2. The molecule has 19 heavy (non-hydrogen) atoms. The Morgan fingerprint density at radius 3 is 3.00 bits per heavy atom. The van der Waals surface area contributed by atoms with Crippen LogP contribution in [-0.2, 0) is 12.1 Å². The molecule has 102 valence electrons. The number of rotatable bonds is 5. The van der Waals surface area contributed by atoms with E-state index in [2.05, 4.69) is 20.8 Å². The summed E-state index contributed by atoms with van der Waals surface area (Å²) in [5, 5.41) is 21.8. The van der Waals surface area contributed by atoms with Crippen LogP contribution in [0.3, 0.4) is 0 Å². The number of aromatic nitrogens is 2. The zero-order chi connectivity index (χ0) is 13.7. The Morgan fingerprint density at radius 2 is 2.37 bits per heavy atom. The quantitative estimate of drug-likeness (QED) is 0.638. The summed E-state index contributed by atoms with van der Waals surface area (Å²) >= 11 is 0. The molecule has 7 nitrogen and oxygen atoms in total. The predicted octanol–water partition coefficient (Wildman–Crippen LogP) is 0.710. The van der Waals surface area contributed by atoms with Crippen LogP contribution in [-0.4, -0.2) is 27.9 Å². The summed E-state index contributed by atoms with van der Waals surface area (Å²) in [6, 6.07) is 4.73. The SMILES string of the molecule is CC(O)(CNC(=O)NCc1ccn[nH]1)c1ccco1. The number of furan rings is 1. The van der Waals surface area contributed by atoms with E-state index >= 15 is 0 Å². The lowest BCUT2D eigenvalue weighted by Crippen LogP contribution is -2.43. The summed E-state index contributed by atoms with van der Waals surface area (Å²) in [4.78, 5) is 11.6. The van der Waals surface area contributed by atoms with Crippen LogP contribution in [0.25, 0.3) is 0 Å². The van der Waals surface area contributed by atoms with E-state index in [1.54, 1.807) is 31.3 Å². The van der Waals surface area contributed by atoms with Gasteiger partial charge in [-0.3, -0.25) is 5.10 Å². The molecule has 0 radical (unpaired) electrons. The van der Waals surface area contributed by atoms with E-state index in [0.717, 1.165) is 5.69 Å². The molecule has 0 spiro atoms. The molecule has 1 unspecified atom stereocenters. The lowest BCUT2D eigenvalue weighted by molar-refractivity contribution is 0.0367. The fourth-order valence-electron chi connectivity index (χ4n) is 1.55. The molecule has 4 N–H and O–H groups in total. The lowest BCUT2D eigenvalue weighted by atomic mass is 10.0. The van der Waals surface area contributed by atoms with Gasteiger partial charge in [0.2, 0.25) is 0 Å². The molecular weight excluding hydrogens is 248 g/mol. The number of H-pyrrole nitrogens is 1. The number of carbonyl (C=O) groups excluding carboxylic acids is 1. The van der Waals surface area contributed by atoms with Gasteiger partial charge in [-0.1, -0.05) is 0 Å². The highest BCUT2D eigenvalue weighted by Gasteiger charge is 2.26. The Bertz CT molecular complexity index is 505. The van der Waals surface area contributed by atoms with Crippen molar-refractivity contribution in [3.63, 3.8) is 0 Å². The van der Waals surface area contributed by atoms with Gasteiger partial charge in [-0.25, -0.2) is 4.79 Å². The van der Waals surface area contributed by atoms with Crippen molar-refractivity contribution in [2.75, 3.05) is 6.54 Å². The number of aliphatic hydroxyl groups is 1. The van der Waals surface area contributed by atoms with Crippen molar-refractivity contribution in [2.45, 2.75) is 19.1 Å². The topological polar surface area (TPSA) is 103 Å². The van der Waals surface area contributed by atoms with Crippen molar-refractivity contribution in [2.24, 2.45) is 0 Å². The van der Waals surface area contributed by atoms with Crippen LogP contribution in [0.4, 0.5) is 4.79 Å². The van der Waals surface area contributed by atoms with Crippen molar-refractivity contribution < 1.29 is 14.3 Å². The minimum atomic E-state index is -1.24. The maximum Gasteiger partial charge on any atom is 0.315 e. The Kier molecular flexibility index (Phi) is 3.86. The van der Waals surface area contributed by atoms with Crippen molar-refractivity contribution in [3.8, 4) is 0 Å². The molecule has 0 fully saturated rings. The molecule has 1 atom stereocenters. The first-order valence-corrected chi connectivity index (χ1v) is 5.84. The summed E-state index contributed by atoms with van der Waals surface area (Å²) in [7, 11) is 0. The largest absolute Gasteiger partial charge is 0.466 e. The first-order valence-electron chi connectivity index (χ1n) is 5.84. The molecule has 2 heterocycles. The maximum absolute atomic E-state index is 11.6. The van der Waals surface area contributed by atoms with Crippen molar-refractivity contribution >= 4 is 6.03 Å². The van der Waals surface area contributed by atoms with E-state index < -0.39 is 5.60 Å². The van der Waals surface area contributed by atoms with Gasteiger partial charge in [-0.05, 0) is 25.1 Å². The molecule has 2 amide bonds. The van der Waals surface area contributed by atoms with E-state index in [1.807, 2.05) is 0 Å². The third-order valence-corrected chi connectivity index (χ3v) is 2.64. The van der Waals surface area contributed by atoms with Crippen molar-refractivity contribution in [3.05, 3.63) is 42.1 Å². The van der Waals surface area contributed by atoms with Gasteiger partial charge in [-0.2, -0.15) is 5.10 Å². The molecule has 0 aromatic carbocycles. The van der Waals surface area contributed by atoms with Crippen LogP contribution in [0.15, 0.2) is 35.1 Å². The highest BCUT2D eigenvalue weighted by atomic mass is 16.4. The molecule has 7 heteroatoms. The number of nitrogens with zero attached hydrogens (tertiary/aromatic N) is 1. The van der Waals surface area contributed by atoms with Crippen LogP contribution < -0.4 is 10.6 Å². The average molecular weight is 264 g/mol. The second-order valence-electron chi connectivity index (χ2n) is 4.37. The highest BCUT2D eigenvalue weighted by molar-refractivity contribution is 5.73. The highest BCUT2D eigenvalue weighted by Crippen LogP contribution is 2.19. The van der Waals surface area contributed by atoms with Gasteiger partial charge in [0.1, 0.15) is 11.4 Å². The summed E-state index contributed by atoms with van der Waals surface area (Å²) in [5.41, 5.74) is -0.442. The van der Waals surface area contributed by atoms with Crippen LogP contribution in [0.5, 0.6) is 0 Å². The molecule has 0 aliphatic heterocycles. The summed E-state index contributed by atoms with van der Waals surface area (Å²) < 4.78 is 5.11. The molecule has 0 aliphatic rings. The number of nitrogens with one attached hydrogen (secondary N) is 3. The molecular formula is C12H16N4O3. The molecule has 0 saturated heterocycles. The Balaban J connectivity index is 1.77. The van der Waals surface area contributed by atoms with Crippen molar-refractivity contribution in [1.29, 1.82) is 0 Å². The molecule has 2 aromatic heterocycles. The third kappa shape index (κ3) is 3.59. The number of urea groups is 1. The molecule has 2 rings (SSSR count). The standard InChI is InChI=1S/C12H16N4O3/c1-12(18,10-3-2-6-19-10)8-14-11(17)13-7-9-4-5-15-16-9/h2-6,18H,7-8H2,1H3,(H,15,16)(H2,13,14,17). The minimum Gasteiger partial charge on any atom is -0.466 e. The average Bonchev–Trinajstić information content (AvgIpc) is 3.06. The summed E-state index contributed by atoms with van der Waals surface area (Å²) in [5.74, 6) is 0.404. The fraction of sp³-hybridized carbons (Fsp3) is 0.333. The minimum absolute atomic E-state index is 0.0509. The molecule has 2 aromatic rings. The van der Waals surface area contributed by atoms with Crippen LogP contribution in [0.2, 0.25) is 0 Å². The van der Waals surface area contributed by atoms with Gasteiger partial charge >= 0.3 is 6.03 Å². The van der Waals surface area contributed by atoms with Gasteiger partial charge in [-0.15, -0.1) is 0 Å². The molecule has 0 aliphatic carbocycles. The number of amides is 2. The second-order valence-corrected chi connectivity index (χ2v) is 4.37. The normalized spacial score (nSPS) is 13.8. The van der Waals surface area contributed by atoms with Crippen molar-refractivity contribution in [1.82, 2.24) is 20.8 Å². The Labute approximate surface area is 110 Å². The van der Waals surface area contributed by atoms with Crippen LogP contribution >= 0.6 is 0 Å². The van der Waals surface area contributed by atoms with Crippen LogP contribution in [0.1, 0.15) is 18.4 Å². The van der Waals surface area contributed by atoms with E-state index in [-0.39, 0.29) is 12.6 Å². The zero-order valence-electron chi connectivity index (χ0n) is 10.5. The van der Waals surface area contributed by atoms with E-state index in [4.69, 9.17) is 4.42 Å². The van der Waals surface area contributed by atoms with Gasteiger partial charge in [0.25, 0.3) is 0 Å². The summed E-state index contributed by atoms with van der Waals surface area (Å²) in [6.45, 7) is 1.96. The number of aromatic amines is 1. The first-order chi connectivity index (χ1) is 9.08. The maximum atomic E-state index is 11.6. The molecule has 0 saturated carbocycles. The molecule has 0 bridgehead atoms. The summed E-state index contributed by atoms with van der Waals surface area (Å²) in [6.07, 6.45) is 3.08. The van der Waals surface area contributed by atoms with Crippen LogP contribution in [0, 0.1) is 0 Å².